The smallest absolute Gasteiger partial charge is 0.339 e. The summed E-state index contributed by atoms with van der Waals surface area (Å²) < 4.78 is 48.9. The Morgan fingerprint density at radius 3 is 2.21 bits per heavy atom. The van der Waals surface area contributed by atoms with Crippen LogP contribution in [0.25, 0.3) is 0 Å². The Bertz CT molecular complexity index is 1190. The second-order valence-electron chi connectivity index (χ2n) is 7.56. The number of amides is 1. The summed E-state index contributed by atoms with van der Waals surface area (Å²) in [5.41, 5.74) is 1.06. The molecule has 1 atom stereocenters. The van der Waals surface area contributed by atoms with Gasteiger partial charge in [0, 0.05) is 18.2 Å². The summed E-state index contributed by atoms with van der Waals surface area (Å²) in [6.07, 6.45) is 0.725. The lowest BCUT2D eigenvalue weighted by molar-refractivity contribution is 0.0671. The summed E-state index contributed by atoms with van der Waals surface area (Å²) in [7, 11) is -2.51. The molecule has 3 rings (SSSR count). The van der Waals surface area contributed by atoms with Crippen LogP contribution in [0, 0.1) is 5.82 Å². The molecule has 0 spiro atoms. The number of nitrogens with zero attached hydrogens (tertiary/aromatic N) is 1. The third kappa shape index (κ3) is 6.10. The summed E-state index contributed by atoms with van der Waals surface area (Å²) in [6.45, 7) is 4.18. The van der Waals surface area contributed by atoms with E-state index in [1.165, 1.54) is 49.6 Å². The summed E-state index contributed by atoms with van der Waals surface area (Å²) in [5, 5.41) is 0. The molecular weight excluding hydrogens is 445 g/mol. The van der Waals surface area contributed by atoms with Gasteiger partial charge in [0.25, 0.3) is 5.91 Å². The van der Waals surface area contributed by atoms with E-state index in [4.69, 9.17) is 8.92 Å². The molecule has 0 fully saturated rings. The first-order chi connectivity index (χ1) is 15.7. The molecule has 0 heterocycles. The molecular formula is C25H26FNO5S. The Labute approximate surface area is 193 Å². The maximum absolute atomic E-state index is 13.6. The zero-order valence-electron chi connectivity index (χ0n) is 18.7. The quantitative estimate of drug-likeness (QED) is 0.409. The maximum Gasteiger partial charge on any atom is 0.339 e. The van der Waals surface area contributed by atoms with Crippen LogP contribution in [0.15, 0.2) is 77.7 Å². The number of methoxy groups -OCH3 is 1. The molecule has 1 unspecified atom stereocenters. The van der Waals surface area contributed by atoms with Gasteiger partial charge in [-0.15, -0.1) is 0 Å². The third-order valence-electron chi connectivity index (χ3n) is 5.29. The van der Waals surface area contributed by atoms with E-state index in [0.717, 1.165) is 12.0 Å². The number of halogens is 1. The Balaban J connectivity index is 1.75. The summed E-state index contributed by atoms with van der Waals surface area (Å²) in [5.74, 6) is -0.0474. The predicted molar refractivity (Wildman–Crippen MR) is 123 cm³/mol. The second kappa shape index (κ2) is 10.5. The molecule has 3 aromatic carbocycles. The van der Waals surface area contributed by atoms with Gasteiger partial charge in [0.1, 0.15) is 22.2 Å². The molecule has 1 amide bonds. The van der Waals surface area contributed by atoms with Gasteiger partial charge in [0.05, 0.1) is 7.11 Å². The van der Waals surface area contributed by atoms with Crippen molar-refractivity contribution in [3.05, 3.63) is 89.7 Å². The molecule has 0 aliphatic rings. The number of carbonyl (C=O) groups is 1. The standard InChI is InChI=1S/C25H26FNO5S/c1-4-18(2)27(25(28)20-6-5-7-21(26)16-20)17-19-8-10-23(11-9-19)32-33(29,30)24-14-12-22(31-3)13-15-24/h5-16,18H,4,17H2,1-3H3. The minimum atomic E-state index is -4.00. The average molecular weight is 472 g/mol. The van der Waals surface area contributed by atoms with Crippen molar-refractivity contribution >= 4 is 16.0 Å². The van der Waals surface area contributed by atoms with Gasteiger partial charge in [-0.2, -0.15) is 8.42 Å². The van der Waals surface area contributed by atoms with Gasteiger partial charge < -0.3 is 13.8 Å². The van der Waals surface area contributed by atoms with Gasteiger partial charge >= 0.3 is 10.1 Å². The fourth-order valence-electron chi connectivity index (χ4n) is 3.20. The predicted octanol–water partition coefficient (Wildman–Crippen LogP) is 5.04. The highest BCUT2D eigenvalue weighted by Gasteiger charge is 2.22. The Hall–Kier alpha value is -3.39. The highest BCUT2D eigenvalue weighted by atomic mass is 32.2. The normalized spacial score (nSPS) is 12.1. The molecule has 0 N–H and O–H groups in total. The van der Waals surface area contributed by atoms with E-state index in [2.05, 4.69) is 0 Å². The summed E-state index contributed by atoms with van der Waals surface area (Å²) in [6, 6.07) is 17.9. The fourth-order valence-corrected chi connectivity index (χ4v) is 4.13. The number of carbonyl (C=O) groups excluding carboxylic acids is 1. The van der Waals surface area contributed by atoms with Crippen molar-refractivity contribution in [3.8, 4) is 11.5 Å². The average Bonchev–Trinajstić information content (AvgIpc) is 2.82. The maximum atomic E-state index is 13.6. The minimum Gasteiger partial charge on any atom is -0.497 e. The van der Waals surface area contributed by atoms with Crippen molar-refractivity contribution in [2.75, 3.05) is 7.11 Å². The molecule has 33 heavy (non-hydrogen) atoms. The van der Waals surface area contributed by atoms with Crippen LogP contribution >= 0.6 is 0 Å². The van der Waals surface area contributed by atoms with E-state index in [9.17, 15) is 17.6 Å². The van der Waals surface area contributed by atoms with Crippen LogP contribution in [-0.4, -0.2) is 32.4 Å². The second-order valence-corrected chi connectivity index (χ2v) is 9.10. The van der Waals surface area contributed by atoms with Gasteiger partial charge in [-0.05, 0) is 73.5 Å². The van der Waals surface area contributed by atoms with E-state index >= 15 is 0 Å². The van der Waals surface area contributed by atoms with E-state index in [1.807, 2.05) is 13.8 Å². The van der Waals surface area contributed by atoms with Crippen LogP contribution in [-0.2, 0) is 16.7 Å². The third-order valence-corrected chi connectivity index (χ3v) is 6.55. The van der Waals surface area contributed by atoms with Gasteiger partial charge in [0.2, 0.25) is 0 Å². The number of hydrogen-bond acceptors (Lipinski definition) is 5. The van der Waals surface area contributed by atoms with Crippen LogP contribution in [0.4, 0.5) is 4.39 Å². The van der Waals surface area contributed by atoms with Crippen LogP contribution < -0.4 is 8.92 Å². The van der Waals surface area contributed by atoms with Crippen molar-refractivity contribution in [2.45, 2.75) is 37.8 Å². The highest BCUT2D eigenvalue weighted by Crippen LogP contribution is 2.23. The molecule has 0 saturated heterocycles. The topological polar surface area (TPSA) is 72.9 Å². The van der Waals surface area contributed by atoms with Crippen molar-refractivity contribution in [1.82, 2.24) is 4.90 Å². The Morgan fingerprint density at radius 2 is 1.64 bits per heavy atom. The first-order valence-corrected chi connectivity index (χ1v) is 11.9. The van der Waals surface area contributed by atoms with E-state index in [1.54, 1.807) is 35.2 Å². The monoisotopic (exact) mass is 471 g/mol. The molecule has 174 valence electrons. The highest BCUT2D eigenvalue weighted by molar-refractivity contribution is 7.87. The van der Waals surface area contributed by atoms with Crippen LogP contribution in [0.2, 0.25) is 0 Å². The first kappa shape index (κ1) is 24.3. The number of hydrogen-bond donors (Lipinski definition) is 0. The Morgan fingerprint density at radius 1 is 1.00 bits per heavy atom. The lowest BCUT2D eigenvalue weighted by atomic mass is 10.1. The van der Waals surface area contributed by atoms with Gasteiger partial charge in [-0.3, -0.25) is 4.79 Å². The van der Waals surface area contributed by atoms with Crippen molar-refractivity contribution in [3.63, 3.8) is 0 Å². The van der Waals surface area contributed by atoms with Crippen LogP contribution in [0.5, 0.6) is 11.5 Å². The zero-order chi connectivity index (χ0) is 24.0. The molecule has 3 aromatic rings. The van der Waals surface area contributed by atoms with Gasteiger partial charge in [0.15, 0.2) is 0 Å². The number of benzene rings is 3. The molecule has 6 nitrogen and oxygen atoms in total. The molecule has 0 aliphatic heterocycles. The molecule has 8 heteroatoms. The van der Waals surface area contributed by atoms with Crippen molar-refractivity contribution < 1.29 is 26.5 Å². The van der Waals surface area contributed by atoms with Gasteiger partial charge in [-0.25, -0.2) is 4.39 Å². The molecule has 0 aliphatic carbocycles. The number of ether oxygens (including phenoxy) is 1. The lowest BCUT2D eigenvalue weighted by Gasteiger charge is -2.29. The van der Waals surface area contributed by atoms with Crippen LogP contribution in [0.3, 0.4) is 0 Å². The summed E-state index contributed by atoms with van der Waals surface area (Å²) >= 11 is 0. The molecule has 0 radical (unpaired) electrons. The zero-order valence-corrected chi connectivity index (χ0v) is 19.5. The largest absolute Gasteiger partial charge is 0.497 e. The lowest BCUT2D eigenvalue weighted by Crippen LogP contribution is -2.37. The first-order valence-electron chi connectivity index (χ1n) is 10.5. The molecule has 0 bridgehead atoms. The van der Waals surface area contributed by atoms with Crippen LogP contribution in [0.1, 0.15) is 36.2 Å². The van der Waals surface area contributed by atoms with Crippen molar-refractivity contribution in [2.24, 2.45) is 0 Å². The Kier molecular flexibility index (Phi) is 7.71. The summed E-state index contributed by atoms with van der Waals surface area (Å²) in [4.78, 5) is 14.7. The van der Waals surface area contributed by atoms with E-state index < -0.39 is 15.9 Å². The van der Waals surface area contributed by atoms with E-state index in [-0.39, 0.29) is 34.7 Å². The fraction of sp³-hybridized carbons (Fsp3) is 0.240. The van der Waals surface area contributed by atoms with Gasteiger partial charge in [-0.1, -0.05) is 25.1 Å². The number of rotatable bonds is 9. The minimum absolute atomic E-state index is 0.0102. The van der Waals surface area contributed by atoms with E-state index in [0.29, 0.717) is 5.75 Å². The SMILES string of the molecule is CCC(C)N(Cc1ccc(OS(=O)(=O)c2ccc(OC)cc2)cc1)C(=O)c1cccc(F)c1. The molecule has 0 aromatic heterocycles. The molecule has 0 saturated carbocycles. The van der Waals surface area contributed by atoms with Crippen molar-refractivity contribution in [1.29, 1.82) is 0 Å².